The molecule has 10 aliphatic rings. The lowest BCUT2D eigenvalue weighted by Crippen LogP contribution is -2.20. The molecule has 0 spiro atoms. The van der Waals surface area contributed by atoms with Gasteiger partial charge in [-0.1, -0.05) is 115 Å². The predicted molar refractivity (Wildman–Crippen MR) is 487 cm³/mol. The zero-order valence-electron chi connectivity index (χ0n) is 73.2. The molecular weight excluding hydrogens is 1720 g/mol. The minimum absolute atomic E-state index is 0.00279. The fraction of sp³-hybridized carbons (Fsp3) is 0.362. The van der Waals surface area contributed by atoms with E-state index in [4.69, 9.17) is 82.7 Å². The Kier molecular flexibility index (Phi) is 28.6. The Labute approximate surface area is 758 Å². The van der Waals surface area contributed by atoms with E-state index in [1.807, 2.05) is 126 Å². The molecule has 20 nitrogen and oxygen atoms in total. The predicted octanol–water partition coefficient (Wildman–Crippen LogP) is 22.4. The zero-order chi connectivity index (χ0) is 89.1. The molecule has 0 aromatic heterocycles. The Hall–Kier alpha value is -12.0. The van der Waals surface area contributed by atoms with Crippen molar-refractivity contribution in [2.75, 3.05) is 67.0 Å². The number of Topliss-reactive ketones (excluding diaryl/α,β-unsaturated/α-hetero) is 5. The second-order valence-corrected chi connectivity index (χ2v) is 34.3. The number of hydrogen-bond donors (Lipinski definition) is 0. The number of aryl methyl sites for hydroxylation is 1. The number of ether oxygens (including phenoxy) is 15. The lowest BCUT2D eigenvalue weighted by atomic mass is 9.77. The number of carbonyl (C=O) groups excluding carboxylic acids is 5. The molecule has 5 aliphatic heterocycles. The highest BCUT2D eigenvalue weighted by Crippen LogP contribution is 2.52. The van der Waals surface area contributed by atoms with Crippen LogP contribution < -0.4 is 71.1 Å². The normalized spacial score (nSPS) is 18.1. The Morgan fingerprint density at radius 2 is 0.641 bits per heavy atom. The molecule has 20 rings (SSSR count). The van der Waals surface area contributed by atoms with Crippen LogP contribution in [-0.4, -0.2) is 95.9 Å². The number of hydrogen-bond acceptors (Lipinski definition) is 20. The second kappa shape index (κ2) is 41.0. The summed E-state index contributed by atoms with van der Waals surface area (Å²) in [6, 6.07) is 48.6. The number of ketones is 5. The number of carbonyl (C=O) groups is 5. The third-order valence-electron chi connectivity index (χ3n) is 24.4. The lowest BCUT2D eigenvalue weighted by molar-refractivity contribution is -0.119. The van der Waals surface area contributed by atoms with E-state index in [-0.39, 0.29) is 98.3 Å². The number of fused-ring (bicyclic) bond motifs is 10. The SMILES string of the molecule is CCC/C=C/c1ccc(C2CC(=O)Cc3cc4c(cc32)OCO4)c(OCC)c1.CCCCCc1ccc(C2CC(=O)Cc3cc4c(cc32)OCO4)c(OCC)c1.CCOc1cc(Br)ccc1C1CC(=O)Cc2cc3c(cc21)OCO3.CCOc1cc(Cl)ccc1C1CC(=O)Cc2cc3c(cc21)OCO3.CCOc1cc(F)ccc1C1CC(=O)Cc2cc3c(cc21)OCO3. The van der Waals surface area contributed by atoms with Crippen LogP contribution in [0.2, 0.25) is 5.02 Å². The summed E-state index contributed by atoms with van der Waals surface area (Å²) >= 11 is 9.60. The van der Waals surface area contributed by atoms with Crippen molar-refractivity contribution in [1.82, 2.24) is 0 Å². The van der Waals surface area contributed by atoms with Crippen LogP contribution >= 0.6 is 27.5 Å². The first-order valence-corrected chi connectivity index (χ1v) is 45.7. The number of rotatable bonds is 22. The van der Waals surface area contributed by atoms with Crippen LogP contribution in [0.5, 0.6) is 86.2 Å². The standard InChI is InChI=1S/C24H28O4.C24H26O4.C19H17BrO4.C19H17ClO4.C19H17FO4/c2*1-3-5-6-7-16-8-9-19(22(10-16)26-4-2)21-13-18(25)11-17-12-23-24(14-20(17)21)28-15-27-23;3*1-2-22-17-7-12(20)3-4-14(17)16-8-13(21)5-11-6-18-19(9-15(11)16)24-10-23-18/h8-10,12,14,21H,3-7,11,13,15H2,1-2H3;6-10,12,14,21H,3-5,11,13,15H2,1-2H3;3*3-4,6-7,9,16H,2,5,8,10H2,1H3/b;7-6+;;;. The van der Waals surface area contributed by atoms with Gasteiger partial charge in [0.05, 0.1) is 33.0 Å². The molecule has 0 N–H and O–H groups in total. The van der Waals surface area contributed by atoms with Crippen LogP contribution in [0, 0.1) is 5.82 Å². The molecule has 0 amide bonds. The van der Waals surface area contributed by atoms with E-state index >= 15 is 0 Å². The van der Waals surface area contributed by atoms with Gasteiger partial charge in [-0.2, -0.15) is 0 Å². The molecule has 5 atom stereocenters. The van der Waals surface area contributed by atoms with E-state index < -0.39 is 0 Å². The Morgan fingerprint density at radius 1 is 0.336 bits per heavy atom. The molecular formula is C105H105BrClFO20. The van der Waals surface area contributed by atoms with Gasteiger partial charge in [-0.15, -0.1) is 0 Å². The third kappa shape index (κ3) is 20.3. The first-order chi connectivity index (χ1) is 62.3. The van der Waals surface area contributed by atoms with Gasteiger partial charge in [0, 0.05) is 137 Å². The van der Waals surface area contributed by atoms with Crippen LogP contribution in [0.4, 0.5) is 4.39 Å². The smallest absolute Gasteiger partial charge is 0.231 e. The number of allylic oxidation sites excluding steroid dienone is 1. The van der Waals surface area contributed by atoms with E-state index in [1.165, 1.54) is 37.0 Å². The summed E-state index contributed by atoms with van der Waals surface area (Å²) in [5.41, 5.74) is 18.0. The Balaban J connectivity index is 0.000000118. The summed E-state index contributed by atoms with van der Waals surface area (Å²) in [4.78, 5) is 61.9. The van der Waals surface area contributed by atoms with Crippen molar-refractivity contribution in [3.8, 4) is 86.2 Å². The van der Waals surface area contributed by atoms with E-state index in [2.05, 4.69) is 84.4 Å². The molecule has 666 valence electrons. The fourth-order valence-corrected chi connectivity index (χ4v) is 19.1. The number of benzene rings is 10. The summed E-state index contributed by atoms with van der Waals surface area (Å²) in [6.45, 7) is 18.0. The van der Waals surface area contributed by atoms with Crippen LogP contribution in [0.3, 0.4) is 0 Å². The highest BCUT2D eigenvalue weighted by molar-refractivity contribution is 9.10. The van der Waals surface area contributed by atoms with Gasteiger partial charge in [0.2, 0.25) is 34.0 Å². The van der Waals surface area contributed by atoms with Crippen LogP contribution in [0.15, 0.2) is 162 Å². The van der Waals surface area contributed by atoms with Crippen LogP contribution in [0.1, 0.15) is 237 Å². The van der Waals surface area contributed by atoms with Crippen molar-refractivity contribution in [3.05, 3.63) is 268 Å². The van der Waals surface area contributed by atoms with E-state index in [0.717, 1.165) is 176 Å². The maximum absolute atomic E-state index is 13.6. The quantitative estimate of drug-likeness (QED) is 0.0575. The molecule has 5 unspecified atom stereocenters. The molecule has 5 heterocycles. The lowest BCUT2D eigenvalue weighted by Gasteiger charge is -2.27. The number of halogens is 3. The van der Waals surface area contributed by atoms with Gasteiger partial charge >= 0.3 is 0 Å². The minimum atomic E-state index is -0.352. The van der Waals surface area contributed by atoms with Gasteiger partial charge < -0.3 is 71.1 Å². The van der Waals surface area contributed by atoms with Crippen LogP contribution in [-0.2, 0) is 62.5 Å². The highest BCUT2D eigenvalue weighted by atomic mass is 79.9. The van der Waals surface area contributed by atoms with E-state index in [9.17, 15) is 28.4 Å². The second-order valence-electron chi connectivity index (χ2n) is 32.9. The Morgan fingerprint density at radius 3 is 0.992 bits per heavy atom. The molecule has 23 heteroatoms. The van der Waals surface area contributed by atoms with Gasteiger partial charge in [-0.3, -0.25) is 24.0 Å². The number of unbranched alkanes of at least 4 members (excludes halogenated alkanes) is 3. The topological polar surface area (TPSA) is 224 Å². The van der Waals surface area contributed by atoms with Crippen molar-refractivity contribution in [3.63, 3.8) is 0 Å². The summed E-state index contributed by atoms with van der Waals surface area (Å²) in [6.07, 6.45) is 15.7. The van der Waals surface area contributed by atoms with Gasteiger partial charge in [0.15, 0.2) is 57.5 Å². The fourth-order valence-electron chi connectivity index (χ4n) is 18.6. The maximum atomic E-state index is 13.6. The van der Waals surface area contributed by atoms with E-state index in [0.29, 0.717) is 125 Å². The molecule has 10 aromatic carbocycles. The molecule has 0 fully saturated rings. The first-order valence-electron chi connectivity index (χ1n) is 44.5. The summed E-state index contributed by atoms with van der Waals surface area (Å²) in [5.74, 6) is 11.5. The van der Waals surface area contributed by atoms with Gasteiger partial charge in [-0.05, 0) is 224 Å². The molecule has 0 bridgehead atoms. The summed E-state index contributed by atoms with van der Waals surface area (Å²) < 4.78 is 98.7. The van der Waals surface area contributed by atoms with Gasteiger partial charge in [-0.25, -0.2) is 4.39 Å². The van der Waals surface area contributed by atoms with E-state index in [1.54, 1.807) is 6.07 Å². The monoisotopic (exact) mass is 1820 g/mol. The average Bonchev–Trinajstić information content (AvgIpc) is 1.44. The van der Waals surface area contributed by atoms with Crippen LogP contribution in [0.25, 0.3) is 6.08 Å². The Bertz CT molecular complexity index is 5550. The average molecular weight is 1820 g/mol. The summed E-state index contributed by atoms with van der Waals surface area (Å²) in [5, 5.41) is 0.621. The maximum Gasteiger partial charge on any atom is 0.231 e. The molecule has 0 radical (unpaired) electrons. The molecule has 128 heavy (non-hydrogen) atoms. The molecule has 5 aliphatic carbocycles. The van der Waals surface area contributed by atoms with Gasteiger partial charge in [0.25, 0.3) is 0 Å². The zero-order valence-corrected chi connectivity index (χ0v) is 75.5. The summed E-state index contributed by atoms with van der Waals surface area (Å²) in [7, 11) is 0. The highest BCUT2D eigenvalue weighted by Gasteiger charge is 2.39. The van der Waals surface area contributed by atoms with Crippen molar-refractivity contribution in [1.29, 1.82) is 0 Å². The first kappa shape index (κ1) is 89.4. The third-order valence-corrected chi connectivity index (χ3v) is 25.1. The van der Waals surface area contributed by atoms with Crippen molar-refractivity contribution < 1.29 is 99.4 Å². The minimum Gasteiger partial charge on any atom is -0.494 e. The van der Waals surface area contributed by atoms with Gasteiger partial charge in [0.1, 0.15) is 63.5 Å². The molecule has 10 aromatic rings. The van der Waals surface area contributed by atoms with Crippen molar-refractivity contribution >= 4 is 62.5 Å². The molecule has 0 saturated heterocycles. The largest absolute Gasteiger partial charge is 0.494 e. The van der Waals surface area contributed by atoms with Crippen molar-refractivity contribution in [2.24, 2.45) is 0 Å². The molecule has 0 saturated carbocycles. The van der Waals surface area contributed by atoms with Crippen molar-refractivity contribution in [2.45, 2.75) is 181 Å².